The van der Waals surface area contributed by atoms with E-state index < -0.39 is 0 Å². The highest BCUT2D eigenvalue weighted by molar-refractivity contribution is 5.76. The summed E-state index contributed by atoms with van der Waals surface area (Å²) in [6.07, 6.45) is 3.30. The quantitative estimate of drug-likeness (QED) is 0.801. The highest BCUT2D eigenvalue weighted by Gasteiger charge is 2.18. The molecule has 1 aromatic heterocycles. The lowest BCUT2D eigenvalue weighted by atomic mass is 9.94. The largest absolute Gasteiger partial charge is 0.349 e. The number of hydrogen-bond acceptors (Lipinski definition) is 3. The highest BCUT2D eigenvalue weighted by Crippen LogP contribution is 2.18. The summed E-state index contributed by atoms with van der Waals surface area (Å²) >= 11 is 0. The molecular weight excluding hydrogens is 252 g/mol. The van der Waals surface area contributed by atoms with Crippen LogP contribution in [0, 0.1) is 18.8 Å². The van der Waals surface area contributed by atoms with Gasteiger partial charge < -0.3 is 11.1 Å². The number of nitrogens with one attached hydrogen (secondary N) is 1. The number of nitrogens with two attached hydrogens (primary N) is 1. The maximum Gasteiger partial charge on any atom is 0.220 e. The lowest BCUT2D eigenvalue weighted by Crippen LogP contribution is -2.31. The van der Waals surface area contributed by atoms with E-state index in [1.54, 1.807) is 0 Å². The van der Waals surface area contributed by atoms with Crippen molar-refractivity contribution in [2.75, 3.05) is 6.54 Å². The Morgan fingerprint density at radius 1 is 1.45 bits per heavy atom. The van der Waals surface area contributed by atoms with Crippen LogP contribution in [0.3, 0.4) is 0 Å². The normalized spacial score (nSPS) is 14.3. The second-order valence-electron chi connectivity index (χ2n) is 6.03. The predicted octanol–water partition coefficient (Wildman–Crippen LogP) is 1.92. The molecule has 20 heavy (non-hydrogen) atoms. The van der Waals surface area contributed by atoms with E-state index in [9.17, 15) is 4.79 Å². The van der Waals surface area contributed by atoms with Crippen LogP contribution in [0.4, 0.5) is 0 Å². The maximum absolute atomic E-state index is 12.1. The first-order valence-corrected chi connectivity index (χ1v) is 7.33. The summed E-state index contributed by atoms with van der Waals surface area (Å²) in [6, 6.07) is -0.0197. The third kappa shape index (κ3) is 4.63. The number of aromatic nitrogens is 2. The molecule has 0 spiro atoms. The van der Waals surface area contributed by atoms with Crippen molar-refractivity contribution in [1.29, 1.82) is 0 Å². The first-order valence-electron chi connectivity index (χ1n) is 7.33. The van der Waals surface area contributed by atoms with E-state index >= 15 is 0 Å². The van der Waals surface area contributed by atoms with E-state index in [0.29, 0.717) is 18.9 Å². The van der Waals surface area contributed by atoms with Crippen molar-refractivity contribution in [1.82, 2.24) is 15.1 Å². The molecule has 0 aliphatic carbocycles. The number of amides is 1. The Morgan fingerprint density at radius 3 is 2.55 bits per heavy atom. The van der Waals surface area contributed by atoms with Gasteiger partial charge in [-0.15, -0.1) is 0 Å². The molecule has 0 radical (unpaired) electrons. The maximum atomic E-state index is 12.1. The summed E-state index contributed by atoms with van der Waals surface area (Å²) < 4.78 is 1.82. The second kappa shape index (κ2) is 7.43. The van der Waals surface area contributed by atoms with Gasteiger partial charge in [-0.1, -0.05) is 13.8 Å². The summed E-state index contributed by atoms with van der Waals surface area (Å²) in [5.41, 5.74) is 7.89. The number of rotatable bonds is 7. The first kappa shape index (κ1) is 16.7. The third-order valence-electron chi connectivity index (χ3n) is 3.73. The minimum absolute atomic E-state index is 0.0197. The van der Waals surface area contributed by atoms with Crippen molar-refractivity contribution in [2.45, 2.75) is 46.6 Å². The van der Waals surface area contributed by atoms with Crippen LogP contribution >= 0.6 is 0 Å². The van der Waals surface area contributed by atoms with Gasteiger partial charge in [0.05, 0.1) is 12.2 Å². The molecule has 1 amide bonds. The van der Waals surface area contributed by atoms with Crippen LogP contribution in [0.15, 0.2) is 6.20 Å². The van der Waals surface area contributed by atoms with Gasteiger partial charge in [0, 0.05) is 24.7 Å². The molecular formula is C15H28N4O. The summed E-state index contributed by atoms with van der Waals surface area (Å²) in [6.45, 7) is 8.87. The van der Waals surface area contributed by atoms with E-state index in [0.717, 1.165) is 17.7 Å². The zero-order valence-electron chi connectivity index (χ0n) is 13.3. The minimum Gasteiger partial charge on any atom is -0.349 e. The van der Waals surface area contributed by atoms with Gasteiger partial charge in [0.1, 0.15) is 0 Å². The number of carbonyl (C=O) groups is 1. The Bertz CT molecular complexity index is 439. The van der Waals surface area contributed by atoms with Gasteiger partial charge in [-0.2, -0.15) is 5.10 Å². The fourth-order valence-corrected chi connectivity index (χ4v) is 2.51. The molecule has 0 aliphatic heterocycles. The van der Waals surface area contributed by atoms with Gasteiger partial charge >= 0.3 is 0 Å². The van der Waals surface area contributed by atoms with Crippen LogP contribution < -0.4 is 11.1 Å². The Hall–Kier alpha value is -1.36. The molecule has 0 aromatic carbocycles. The topological polar surface area (TPSA) is 72.9 Å². The molecule has 1 rings (SSSR count). The average Bonchev–Trinajstić information content (AvgIpc) is 2.68. The SMILES string of the molecule is Cc1c(C(C)NC(=O)C[C@@H](CN)CC(C)C)cnn1C. The van der Waals surface area contributed by atoms with E-state index in [1.807, 2.05) is 31.8 Å². The molecule has 0 saturated heterocycles. The third-order valence-corrected chi connectivity index (χ3v) is 3.73. The number of carbonyl (C=O) groups excluding carboxylic acids is 1. The zero-order valence-corrected chi connectivity index (χ0v) is 13.3. The van der Waals surface area contributed by atoms with E-state index in [1.165, 1.54) is 0 Å². The van der Waals surface area contributed by atoms with Crippen LogP contribution in [-0.4, -0.2) is 22.2 Å². The molecule has 1 heterocycles. The Labute approximate surface area is 121 Å². The first-order chi connectivity index (χ1) is 9.35. The molecule has 0 saturated carbocycles. The van der Waals surface area contributed by atoms with Crippen molar-refractivity contribution < 1.29 is 4.79 Å². The summed E-state index contributed by atoms with van der Waals surface area (Å²) in [7, 11) is 1.90. The number of aryl methyl sites for hydroxylation is 1. The summed E-state index contributed by atoms with van der Waals surface area (Å²) in [4.78, 5) is 12.1. The molecule has 1 aromatic rings. The van der Waals surface area contributed by atoms with Gasteiger partial charge in [0.15, 0.2) is 0 Å². The second-order valence-corrected chi connectivity index (χ2v) is 6.03. The molecule has 3 N–H and O–H groups in total. The highest BCUT2D eigenvalue weighted by atomic mass is 16.1. The fourth-order valence-electron chi connectivity index (χ4n) is 2.51. The Morgan fingerprint density at radius 2 is 2.10 bits per heavy atom. The summed E-state index contributed by atoms with van der Waals surface area (Å²) in [5.74, 6) is 0.892. The van der Waals surface area contributed by atoms with Crippen molar-refractivity contribution in [3.05, 3.63) is 17.5 Å². The van der Waals surface area contributed by atoms with Crippen LogP contribution in [0.5, 0.6) is 0 Å². The molecule has 2 atom stereocenters. The summed E-state index contributed by atoms with van der Waals surface area (Å²) in [5, 5.41) is 7.25. The van der Waals surface area contributed by atoms with Gasteiger partial charge in [0.2, 0.25) is 5.91 Å². The Kier molecular flexibility index (Phi) is 6.20. The Balaban J connectivity index is 2.55. The van der Waals surface area contributed by atoms with Crippen LogP contribution in [0.1, 0.15) is 50.9 Å². The van der Waals surface area contributed by atoms with Gasteiger partial charge in [-0.3, -0.25) is 9.48 Å². The van der Waals surface area contributed by atoms with Crippen LogP contribution in [0.25, 0.3) is 0 Å². The van der Waals surface area contributed by atoms with Gasteiger partial charge in [-0.05, 0) is 38.6 Å². The number of nitrogens with zero attached hydrogens (tertiary/aromatic N) is 2. The molecule has 0 fully saturated rings. The fraction of sp³-hybridized carbons (Fsp3) is 0.733. The molecule has 0 bridgehead atoms. The molecule has 5 nitrogen and oxygen atoms in total. The van der Waals surface area contributed by atoms with E-state index in [4.69, 9.17) is 5.73 Å². The minimum atomic E-state index is -0.0197. The smallest absolute Gasteiger partial charge is 0.220 e. The van der Waals surface area contributed by atoms with Gasteiger partial charge in [0.25, 0.3) is 0 Å². The lowest BCUT2D eigenvalue weighted by Gasteiger charge is -2.19. The lowest BCUT2D eigenvalue weighted by molar-refractivity contribution is -0.122. The van der Waals surface area contributed by atoms with Crippen molar-refractivity contribution in [2.24, 2.45) is 24.6 Å². The van der Waals surface area contributed by atoms with Crippen molar-refractivity contribution in [3.63, 3.8) is 0 Å². The monoisotopic (exact) mass is 280 g/mol. The van der Waals surface area contributed by atoms with E-state index in [-0.39, 0.29) is 17.9 Å². The molecule has 1 unspecified atom stereocenters. The van der Waals surface area contributed by atoms with Gasteiger partial charge in [-0.25, -0.2) is 0 Å². The number of hydrogen-bond donors (Lipinski definition) is 2. The molecule has 114 valence electrons. The van der Waals surface area contributed by atoms with Crippen molar-refractivity contribution >= 4 is 5.91 Å². The zero-order chi connectivity index (χ0) is 15.3. The average molecular weight is 280 g/mol. The van der Waals surface area contributed by atoms with Crippen LogP contribution in [-0.2, 0) is 11.8 Å². The van der Waals surface area contributed by atoms with E-state index in [2.05, 4.69) is 24.3 Å². The van der Waals surface area contributed by atoms with Crippen molar-refractivity contribution in [3.8, 4) is 0 Å². The molecule has 5 heteroatoms. The van der Waals surface area contributed by atoms with Crippen LogP contribution in [0.2, 0.25) is 0 Å². The standard InChI is InChI=1S/C15H28N4O/c1-10(2)6-13(8-16)7-15(20)18-11(3)14-9-17-19(5)12(14)4/h9-11,13H,6-8,16H2,1-5H3,(H,18,20)/t11?,13-/m0/s1. The predicted molar refractivity (Wildman–Crippen MR) is 81.1 cm³/mol. The molecule has 0 aliphatic rings.